The summed E-state index contributed by atoms with van der Waals surface area (Å²) >= 11 is 0. The van der Waals surface area contributed by atoms with Gasteiger partial charge >= 0.3 is 0 Å². The predicted molar refractivity (Wildman–Crippen MR) is 74.8 cm³/mol. The molecule has 0 radical (unpaired) electrons. The van der Waals surface area contributed by atoms with Gasteiger partial charge in [-0.05, 0) is 0 Å². The number of unbranched alkanes of at least 4 members (excludes halogenated alkanes) is 7. The van der Waals surface area contributed by atoms with Crippen LogP contribution >= 0.6 is 12.4 Å². The van der Waals surface area contributed by atoms with E-state index in [9.17, 15) is 0 Å². The van der Waals surface area contributed by atoms with Crippen LogP contribution in [0.15, 0.2) is 12.7 Å². The maximum absolute atomic E-state index is 4.91. The molecule has 0 aromatic rings. The van der Waals surface area contributed by atoms with E-state index in [2.05, 4.69) is 20.4 Å². The van der Waals surface area contributed by atoms with Crippen LogP contribution in [0, 0.1) is 0 Å². The summed E-state index contributed by atoms with van der Waals surface area (Å²) in [5, 5.41) is 0. The lowest BCUT2D eigenvalue weighted by molar-refractivity contribution is 0.585. The van der Waals surface area contributed by atoms with E-state index >= 15 is 0 Å². The molecule has 15 heavy (non-hydrogen) atoms. The molecule has 0 rings (SSSR count). The summed E-state index contributed by atoms with van der Waals surface area (Å²) in [6, 6.07) is 0. The van der Waals surface area contributed by atoms with E-state index < -0.39 is 0 Å². The molecule has 0 saturated heterocycles. The highest BCUT2D eigenvalue weighted by molar-refractivity contribution is 5.85. The van der Waals surface area contributed by atoms with Crippen LogP contribution in [-0.2, 0) is 0 Å². The van der Waals surface area contributed by atoms with E-state index in [0.29, 0.717) is 6.54 Å². The quantitative estimate of drug-likeness (QED) is 0.479. The van der Waals surface area contributed by atoms with Gasteiger partial charge in [-0.15, -0.1) is 19.0 Å². The first kappa shape index (κ1) is 20.4. The summed E-state index contributed by atoms with van der Waals surface area (Å²) in [5.74, 6) is 0. The van der Waals surface area contributed by atoms with Gasteiger partial charge in [-0.2, -0.15) is 0 Å². The molecular formula is C13H30ClN. The molecule has 2 heteroatoms. The Bertz CT molecular complexity index is 86.5. The molecule has 0 saturated carbocycles. The first-order valence-electron chi connectivity index (χ1n) is 6.14. The number of halogens is 1. The molecule has 2 N–H and O–H groups in total. The fourth-order valence-electron chi connectivity index (χ4n) is 1.21. The van der Waals surface area contributed by atoms with Crippen molar-refractivity contribution in [1.29, 1.82) is 0 Å². The largest absolute Gasteiger partial charge is 0.327 e. The van der Waals surface area contributed by atoms with Gasteiger partial charge in [-0.3, -0.25) is 0 Å². The van der Waals surface area contributed by atoms with Gasteiger partial charge in [0.1, 0.15) is 0 Å². The van der Waals surface area contributed by atoms with Crippen LogP contribution < -0.4 is 5.73 Å². The first-order chi connectivity index (χ1) is 6.83. The van der Waals surface area contributed by atoms with Crippen molar-refractivity contribution in [2.75, 3.05) is 6.54 Å². The zero-order valence-corrected chi connectivity index (χ0v) is 11.5. The summed E-state index contributed by atoms with van der Waals surface area (Å²) in [6.07, 6.45) is 13.1. The molecule has 0 aromatic carbocycles. The normalized spacial score (nSPS) is 8.47. The van der Waals surface area contributed by atoms with Gasteiger partial charge in [0.15, 0.2) is 0 Å². The molecule has 0 aromatic heterocycles. The Hall–Kier alpha value is -0.0100. The summed E-state index contributed by atoms with van der Waals surface area (Å²) in [4.78, 5) is 0. The highest BCUT2D eigenvalue weighted by Gasteiger charge is 1.87. The summed E-state index contributed by atoms with van der Waals surface area (Å²) in [7, 11) is 0. The monoisotopic (exact) mass is 235 g/mol. The molecule has 0 aliphatic rings. The van der Waals surface area contributed by atoms with Crippen LogP contribution in [0.1, 0.15) is 65.2 Å². The fourth-order valence-corrected chi connectivity index (χ4v) is 1.21. The molecule has 0 aliphatic heterocycles. The number of nitrogens with two attached hydrogens (primary N) is 1. The molecule has 1 nitrogen and oxygen atoms in total. The lowest BCUT2D eigenvalue weighted by atomic mass is 10.1. The van der Waals surface area contributed by atoms with Crippen molar-refractivity contribution < 1.29 is 0 Å². The highest BCUT2D eigenvalue weighted by atomic mass is 35.5. The van der Waals surface area contributed by atoms with Gasteiger partial charge in [0.25, 0.3) is 0 Å². The van der Waals surface area contributed by atoms with Crippen molar-refractivity contribution in [3.8, 4) is 0 Å². The van der Waals surface area contributed by atoms with Crippen molar-refractivity contribution in [1.82, 2.24) is 0 Å². The average molecular weight is 236 g/mol. The standard InChI is InChI=1S/C10H22.C3H7N.ClH/c1-3-5-7-9-10-8-6-4-2;1-2-3-4;/h3-10H2,1-2H3;2H,1,3-4H2;1H. The zero-order chi connectivity index (χ0) is 11.1. The van der Waals surface area contributed by atoms with Crippen molar-refractivity contribution in [2.45, 2.75) is 65.2 Å². The highest BCUT2D eigenvalue weighted by Crippen LogP contribution is 2.07. The molecule has 0 unspecified atom stereocenters. The van der Waals surface area contributed by atoms with Crippen LogP contribution in [-0.4, -0.2) is 6.54 Å². The van der Waals surface area contributed by atoms with Crippen molar-refractivity contribution in [2.24, 2.45) is 5.73 Å². The zero-order valence-electron chi connectivity index (χ0n) is 10.6. The predicted octanol–water partition coefficient (Wildman–Crippen LogP) is 4.70. The molecule has 0 atom stereocenters. The van der Waals surface area contributed by atoms with Crippen molar-refractivity contribution in [3.63, 3.8) is 0 Å². The van der Waals surface area contributed by atoms with E-state index in [1.165, 1.54) is 51.4 Å². The molecule has 94 valence electrons. The Morgan fingerprint density at radius 2 is 1.13 bits per heavy atom. The van der Waals surface area contributed by atoms with E-state index in [1.807, 2.05) is 0 Å². The second-order valence-electron chi connectivity index (χ2n) is 3.65. The Morgan fingerprint density at radius 3 is 1.33 bits per heavy atom. The van der Waals surface area contributed by atoms with Crippen LogP contribution in [0.5, 0.6) is 0 Å². The van der Waals surface area contributed by atoms with Gasteiger partial charge in [0, 0.05) is 6.54 Å². The number of hydrogen-bond acceptors (Lipinski definition) is 1. The van der Waals surface area contributed by atoms with Gasteiger partial charge in [0.2, 0.25) is 0 Å². The van der Waals surface area contributed by atoms with Gasteiger partial charge in [-0.25, -0.2) is 0 Å². The van der Waals surface area contributed by atoms with Gasteiger partial charge < -0.3 is 5.73 Å². The van der Waals surface area contributed by atoms with E-state index in [4.69, 9.17) is 5.73 Å². The SMILES string of the molecule is C=CCN.CCCCCCCCCC.Cl. The van der Waals surface area contributed by atoms with Crippen LogP contribution in [0.4, 0.5) is 0 Å². The lowest BCUT2D eigenvalue weighted by Gasteiger charge is -1.97. The third kappa shape index (κ3) is 31.5. The maximum atomic E-state index is 4.91. The molecule has 0 bridgehead atoms. The fraction of sp³-hybridized carbons (Fsp3) is 0.846. The summed E-state index contributed by atoms with van der Waals surface area (Å²) in [6.45, 7) is 8.48. The summed E-state index contributed by atoms with van der Waals surface area (Å²) < 4.78 is 0. The lowest BCUT2D eigenvalue weighted by Crippen LogP contribution is -1.90. The topological polar surface area (TPSA) is 26.0 Å². The van der Waals surface area contributed by atoms with E-state index in [1.54, 1.807) is 6.08 Å². The van der Waals surface area contributed by atoms with Crippen molar-refractivity contribution in [3.05, 3.63) is 12.7 Å². The molecular weight excluding hydrogens is 206 g/mol. The molecule has 0 fully saturated rings. The Kier molecular flexibility index (Phi) is 32.2. The molecule has 0 spiro atoms. The van der Waals surface area contributed by atoms with Gasteiger partial charge in [0.05, 0.1) is 0 Å². The van der Waals surface area contributed by atoms with Gasteiger partial charge in [-0.1, -0.05) is 71.3 Å². The maximum Gasteiger partial charge on any atom is 0.0104 e. The Labute approximate surface area is 103 Å². The minimum atomic E-state index is 0. The molecule has 0 aliphatic carbocycles. The summed E-state index contributed by atoms with van der Waals surface area (Å²) in [5.41, 5.74) is 4.91. The van der Waals surface area contributed by atoms with Crippen LogP contribution in [0.2, 0.25) is 0 Å². The molecule has 0 amide bonds. The van der Waals surface area contributed by atoms with Crippen LogP contribution in [0.25, 0.3) is 0 Å². The van der Waals surface area contributed by atoms with Crippen molar-refractivity contribution >= 4 is 12.4 Å². The second-order valence-corrected chi connectivity index (χ2v) is 3.65. The number of hydrogen-bond donors (Lipinski definition) is 1. The average Bonchev–Trinajstić information content (AvgIpc) is 2.24. The number of rotatable bonds is 8. The second kappa shape index (κ2) is 23.7. The van der Waals surface area contributed by atoms with E-state index in [0.717, 1.165) is 0 Å². The third-order valence-electron chi connectivity index (χ3n) is 2.12. The Balaban J connectivity index is -0.000000249. The third-order valence-corrected chi connectivity index (χ3v) is 2.12. The smallest absolute Gasteiger partial charge is 0.0104 e. The Morgan fingerprint density at radius 1 is 0.867 bits per heavy atom. The minimum absolute atomic E-state index is 0. The van der Waals surface area contributed by atoms with E-state index in [-0.39, 0.29) is 12.4 Å². The van der Waals surface area contributed by atoms with Crippen LogP contribution in [0.3, 0.4) is 0 Å². The molecule has 0 heterocycles. The first-order valence-corrected chi connectivity index (χ1v) is 6.14. The minimum Gasteiger partial charge on any atom is -0.327 e.